The number of benzene rings is 2. The highest BCUT2D eigenvalue weighted by Crippen LogP contribution is 2.56. The monoisotopic (exact) mass is 432 g/mol. The number of hydrogen-bond donors (Lipinski definition) is 1. The van der Waals surface area contributed by atoms with Gasteiger partial charge in [-0.3, -0.25) is 14.5 Å². The van der Waals surface area contributed by atoms with Crippen molar-refractivity contribution in [3.05, 3.63) is 102 Å². The van der Waals surface area contributed by atoms with Gasteiger partial charge in [0.1, 0.15) is 17.3 Å². The summed E-state index contributed by atoms with van der Waals surface area (Å²) < 4.78 is 1.87. The molecule has 1 amide bonds. The molecule has 3 aromatic rings. The number of allylic oxidation sites excluding steroid dienone is 1. The van der Waals surface area contributed by atoms with E-state index in [4.69, 9.17) is 0 Å². The highest BCUT2D eigenvalue weighted by atomic mass is 16.2. The van der Waals surface area contributed by atoms with Crippen LogP contribution in [0.25, 0.3) is 5.82 Å². The fourth-order valence-corrected chi connectivity index (χ4v) is 5.47. The Morgan fingerprint density at radius 1 is 0.909 bits per heavy atom. The minimum atomic E-state index is -1.47. The van der Waals surface area contributed by atoms with Crippen molar-refractivity contribution in [3.63, 3.8) is 0 Å². The van der Waals surface area contributed by atoms with Gasteiger partial charge < -0.3 is 9.88 Å². The summed E-state index contributed by atoms with van der Waals surface area (Å²) in [4.78, 5) is 29.4. The summed E-state index contributed by atoms with van der Waals surface area (Å²) in [5.74, 6) is 0.151. The van der Waals surface area contributed by atoms with E-state index >= 15 is 0 Å². The molecule has 3 aliphatic rings. The molecular formula is C27H20N4O2. The molecule has 0 unspecified atom stereocenters. The first kappa shape index (κ1) is 19.3. The van der Waals surface area contributed by atoms with Crippen molar-refractivity contribution in [2.45, 2.75) is 24.7 Å². The van der Waals surface area contributed by atoms with Crippen molar-refractivity contribution < 1.29 is 9.59 Å². The lowest BCUT2D eigenvalue weighted by Gasteiger charge is -2.44. The standard InChI is InChI=1S/C27H20N4O2/c28-17-20-25(30-15-6-7-16-30)31(18-9-2-1-3-10-18)22-13-8-14-23(32)24(22)27(20)19-11-4-5-12-21(19)29-26(27)33/h1-7,9-12,15-16H,8,13-14H2,(H,29,33)/t27-/m0/s1. The Bertz CT molecular complexity index is 1410. The van der Waals surface area contributed by atoms with Gasteiger partial charge in [0.25, 0.3) is 0 Å². The topological polar surface area (TPSA) is 78.1 Å². The fourth-order valence-electron chi connectivity index (χ4n) is 5.47. The van der Waals surface area contributed by atoms with Crippen molar-refractivity contribution in [2.24, 2.45) is 0 Å². The van der Waals surface area contributed by atoms with Gasteiger partial charge in [-0.15, -0.1) is 0 Å². The zero-order valence-corrected chi connectivity index (χ0v) is 17.8. The van der Waals surface area contributed by atoms with Crippen molar-refractivity contribution in [1.29, 1.82) is 5.26 Å². The summed E-state index contributed by atoms with van der Waals surface area (Å²) in [6.07, 6.45) is 5.42. The van der Waals surface area contributed by atoms with E-state index in [1.54, 1.807) is 0 Å². The molecule has 1 aliphatic carbocycles. The summed E-state index contributed by atoms with van der Waals surface area (Å²) in [7, 11) is 0. The molecule has 0 radical (unpaired) electrons. The maximum Gasteiger partial charge on any atom is 0.245 e. The number of carbonyl (C=O) groups is 2. The van der Waals surface area contributed by atoms with E-state index in [1.165, 1.54) is 0 Å². The second-order valence-electron chi connectivity index (χ2n) is 8.42. The molecule has 160 valence electrons. The van der Waals surface area contributed by atoms with Gasteiger partial charge in [0.2, 0.25) is 5.91 Å². The van der Waals surface area contributed by atoms with Crippen LogP contribution in [0.1, 0.15) is 24.8 Å². The normalized spacial score (nSPS) is 21.7. The largest absolute Gasteiger partial charge is 0.324 e. The summed E-state index contributed by atoms with van der Waals surface area (Å²) >= 11 is 0. The Balaban J connectivity index is 1.79. The lowest BCUT2D eigenvalue weighted by Crippen LogP contribution is -2.49. The first-order valence-electron chi connectivity index (χ1n) is 11.0. The minimum absolute atomic E-state index is 0.0802. The van der Waals surface area contributed by atoms with Gasteiger partial charge in [0.15, 0.2) is 5.78 Å². The van der Waals surface area contributed by atoms with Crippen molar-refractivity contribution in [3.8, 4) is 6.07 Å². The van der Waals surface area contributed by atoms with Crippen molar-refractivity contribution >= 4 is 28.9 Å². The number of nitriles is 1. The fraction of sp³-hybridized carbons (Fsp3) is 0.148. The third-order valence-electron chi connectivity index (χ3n) is 6.74. The quantitative estimate of drug-likeness (QED) is 0.642. The van der Waals surface area contributed by atoms with E-state index in [2.05, 4.69) is 11.4 Å². The van der Waals surface area contributed by atoms with E-state index in [0.29, 0.717) is 41.9 Å². The Labute approximate surface area is 191 Å². The van der Waals surface area contributed by atoms with Crippen LogP contribution < -0.4 is 10.2 Å². The van der Waals surface area contributed by atoms with Gasteiger partial charge in [0, 0.05) is 47.0 Å². The Morgan fingerprint density at radius 3 is 2.39 bits per heavy atom. The molecule has 0 saturated carbocycles. The zero-order valence-electron chi connectivity index (χ0n) is 17.8. The van der Waals surface area contributed by atoms with Gasteiger partial charge >= 0.3 is 0 Å². The molecule has 1 spiro atoms. The molecule has 3 heterocycles. The number of aromatic nitrogens is 1. The van der Waals surface area contributed by atoms with E-state index in [-0.39, 0.29) is 17.3 Å². The maximum absolute atomic E-state index is 13.8. The summed E-state index contributed by atoms with van der Waals surface area (Å²) in [6.45, 7) is 0. The molecule has 0 fully saturated rings. The lowest BCUT2D eigenvalue weighted by atomic mass is 9.63. The second kappa shape index (κ2) is 7.07. The number of Topliss-reactive ketones (excluding diaryl/α,β-unsaturated/α-hetero) is 1. The predicted octanol–water partition coefficient (Wildman–Crippen LogP) is 4.60. The molecular weight excluding hydrogens is 412 g/mol. The van der Waals surface area contributed by atoms with Gasteiger partial charge in [-0.05, 0) is 43.2 Å². The molecule has 1 aromatic heterocycles. The third kappa shape index (κ3) is 2.48. The van der Waals surface area contributed by atoms with Crippen LogP contribution in [0.2, 0.25) is 0 Å². The predicted molar refractivity (Wildman–Crippen MR) is 125 cm³/mol. The Hall–Kier alpha value is -4.37. The number of nitrogens with zero attached hydrogens (tertiary/aromatic N) is 3. The smallest absolute Gasteiger partial charge is 0.245 e. The summed E-state index contributed by atoms with van der Waals surface area (Å²) in [5, 5.41) is 13.6. The SMILES string of the molecule is N#CC1=C(n2cccc2)N(c2ccccc2)C2=C(C(=O)CCC2)[C@@]12C(=O)Nc1ccccc12. The molecule has 2 aromatic carbocycles. The van der Waals surface area contributed by atoms with E-state index < -0.39 is 5.41 Å². The first-order chi connectivity index (χ1) is 16.2. The highest BCUT2D eigenvalue weighted by molar-refractivity contribution is 6.21. The van der Waals surface area contributed by atoms with Crippen LogP contribution in [0, 0.1) is 11.3 Å². The van der Waals surface area contributed by atoms with Crippen LogP contribution in [0.15, 0.2) is 96.0 Å². The van der Waals surface area contributed by atoms with E-state index in [9.17, 15) is 14.9 Å². The summed E-state index contributed by atoms with van der Waals surface area (Å²) in [5.41, 5.74) is 2.13. The van der Waals surface area contributed by atoms with E-state index in [1.807, 2.05) is 88.6 Å². The average molecular weight is 432 g/mol. The highest BCUT2D eigenvalue weighted by Gasteiger charge is 2.60. The van der Waals surface area contributed by atoms with Crippen molar-refractivity contribution in [2.75, 3.05) is 10.2 Å². The second-order valence-corrected chi connectivity index (χ2v) is 8.42. The molecule has 33 heavy (non-hydrogen) atoms. The molecule has 0 saturated heterocycles. The molecule has 0 bridgehead atoms. The number of carbonyl (C=O) groups excluding carboxylic acids is 2. The molecule has 6 heteroatoms. The van der Waals surface area contributed by atoms with Gasteiger partial charge in [-0.25, -0.2) is 0 Å². The molecule has 1 N–H and O–H groups in total. The van der Waals surface area contributed by atoms with Gasteiger partial charge in [0.05, 0.1) is 5.57 Å². The third-order valence-corrected chi connectivity index (χ3v) is 6.74. The number of hydrogen-bond acceptors (Lipinski definition) is 4. The Kier molecular flexibility index (Phi) is 4.14. The number of rotatable bonds is 2. The van der Waals surface area contributed by atoms with Crippen LogP contribution in [-0.4, -0.2) is 16.3 Å². The van der Waals surface area contributed by atoms with Crippen LogP contribution in [-0.2, 0) is 15.0 Å². The summed E-state index contributed by atoms with van der Waals surface area (Å²) in [6, 6.07) is 23.2. The number of nitrogens with one attached hydrogen (secondary N) is 1. The van der Waals surface area contributed by atoms with Gasteiger partial charge in [-0.1, -0.05) is 36.4 Å². The lowest BCUT2D eigenvalue weighted by molar-refractivity contribution is -0.122. The average Bonchev–Trinajstić information content (AvgIpc) is 3.47. The minimum Gasteiger partial charge on any atom is -0.324 e. The number of anilines is 2. The Morgan fingerprint density at radius 2 is 1.64 bits per heavy atom. The van der Waals surface area contributed by atoms with Gasteiger partial charge in [-0.2, -0.15) is 5.26 Å². The molecule has 1 atom stereocenters. The number of para-hydroxylation sites is 2. The van der Waals surface area contributed by atoms with E-state index in [0.717, 1.165) is 11.4 Å². The number of amides is 1. The van der Waals surface area contributed by atoms with Crippen LogP contribution in [0.5, 0.6) is 0 Å². The number of fused-ring (bicyclic) bond motifs is 3. The zero-order chi connectivity index (χ0) is 22.6. The van der Waals surface area contributed by atoms with Crippen LogP contribution in [0.3, 0.4) is 0 Å². The van der Waals surface area contributed by atoms with Crippen LogP contribution in [0.4, 0.5) is 11.4 Å². The van der Waals surface area contributed by atoms with Crippen LogP contribution >= 0.6 is 0 Å². The van der Waals surface area contributed by atoms with Crippen molar-refractivity contribution in [1.82, 2.24) is 4.57 Å². The molecule has 6 nitrogen and oxygen atoms in total. The molecule has 2 aliphatic heterocycles. The number of ketones is 1. The maximum atomic E-state index is 13.8. The first-order valence-corrected chi connectivity index (χ1v) is 11.0. The molecule has 6 rings (SSSR count).